The second-order valence-corrected chi connectivity index (χ2v) is 7.02. The maximum Gasteiger partial charge on any atom is 0.414 e. The molecular formula is C19H24FN3O6. The van der Waals surface area contributed by atoms with Gasteiger partial charge in [0.25, 0.3) is 0 Å². The highest BCUT2D eigenvalue weighted by Crippen LogP contribution is 2.29. The van der Waals surface area contributed by atoms with Crippen LogP contribution in [0.4, 0.5) is 14.9 Å². The summed E-state index contributed by atoms with van der Waals surface area (Å²) in [5.74, 6) is -1.08. The Kier molecular flexibility index (Phi) is 6.53. The molecule has 0 aromatic heterocycles. The van der Waals surface area contributed by atoms with E-state index in [-0.39, 0.29) is 36.8 Å². The van der Waals surface area contributed by atoms with Gasteiger partial charge in [0.05, 0.1) is 18.8 Å². The summed E-state index contributed by atoms with van der Waals surface area (Å²) >= 11 is 0. The van der Waals surface area contributed by atoms with Gasteiger partial charge in [-0.3, -0.25) is 14.5 Å². The first kappa shape index (κ1) is 20.8. The van der Waals surface area contributed by atoms with Gasteiger partial charge >= 0.3 is 6.09 Å². The summed E-state index contributed by atoms with van der Waals surface area (Å²) in [6.07, 6.45) is -0.268. The largest absolute Gasteiger partial charge is 0.487 e. The number of aliphatic hydroxyl groups is 1. The van der Waals surface area contributed by atoms with E-state index in [1.165, 1.54) is 24.0 Å². The molecule has 0 aliphatic carbocycles. The molecule has 29 heavy (non-hydrogen) atoms. The normalized spacial score (nSPS) is 19.8. The number of aliphatic hydroxyl groups excluding tert-OH is 1. The van der Waals surface area contributed by atoms with E-state index in [2.05, 4.69) is 5.32 Å². The fraction of sp³-hybridized carbons (Fsp3) is 0.526. The number of carbonyl (C=O) groups is 3. The monoisotopic (exact) mass is 409 g/mol. The van der Waals surface area contributed by atoms with Crippen LogP contribution in [0.15, 0.2) is 18.2 Å². The van der Waals surface area contributed by atoms with E-state index in [9.17, 15) is 18.8 Å². The van der Waals surface area contributed by atoms with Crippen LogP contribution in [-0.4, -0.2) is 72.9 Å². The van der Waals surface area contributed by atoms with E-state index >= 15 is 0 Å². The minimum atomic E-state index is -0.602. The van der Waals surface area contributed by atoms with Gasteiger partial charge < -0.3 is 24.8 Å². The number of cyclic esters (lactones) is 1. The zero-order chi connectivity index (χ0) is 21.0. The summed E-state index contributed by atoms with van der Waals surface area (Å²) in [4.78, 5) is 37.4. The molecule has 10 heteroatoms. The number of benzene rings is 1. The zero-order valence-electron chi connectivity index (χ0n) is 16.1. The van der Waals surface area contributed by atoms with Crippen molar-refractivity contribution in [1.82, 2.24) is 10.2 Å². The number of hydrogen-bond acceptors (Lipinski definition) is 6. The van der Waals surface area contributed by atoms with Crippen LogP contribution < -0.4 is 15.0 Å². The predicted molar refractivity (Wildman–Crippen MR) is 100 cm³/mol. The van der Waals surface area contributed by atoms with E-state index in [1.54, 1.807) is 11.0 Å². The Labute approximate surface area is 167 Å². The lowest BCUT2D eigenvalue weighted by molar-refractivity contribution is -0.136. The maximum absolute atomic E-state index is 14.5. The van der Waals surface area contributed by atoms with Gasteiger partial charge in [-0.25, -0.2) is 9.18 Å². The third-order valence-corrected chi connectivity index (χ3v) is 4.90. The summed E-state index contributed by atoms with van der Waals surface area (Å²) < 4.78 is 25.4. The van der Waals surface area contributed by atoms with Gasteiger partial charge in [-0.05, 0) is 12.1 Å². The highest BCUT2D eigenvalue weighted by atomic mass is 19.1. The molecule has 1 aromatic rings. The highest BCUT2D eigenvalue weighted by Gasteiger charge is 2.33. The summed E-state index contributed by atoms with van der Waals surface area (Å²) in [6, 6.07) is 4.25. The Hall–Kier alpha value is -2.88. The fourth-order valence-corrected chi connectivity index (χ4v) is 3.35. The van der Waals surface area contributed by atoms with Crippen LogP contribution in [0.25, 0.3) is 0 Å². The Bertz CT molecular complexity index is 781. The smallest absolute Gasteiger partial charge is 0.414 e. The molecular weight excluding hydrogens is 385 g/mol. The van der Waals surface area contributed by atoms with E-state index < -0.39 is 24.6 Å². The first-order chi connectivity index (χ1) is 13.9. The zero-order valence-corrected chi connectivity index (χ0v) is 16.1. The van der Waals surface area contributed by atoms with Gasteiger partial charge in [0.15, 0.2) is 11.6 Å². The van der Waals surface area contributed by atoms with Crippen molar-refractivity contribution >= 4 is 23.6 Å². The van der Waals surface area contributed by atoms with Crippen LogP contribution in [0.2, 0.25) is 0 Å². The number of carbonyl (C=O) groups excluding carboxylic acids is 3. The number of anilines is 1. The van der Waals surface area contributed by atoms with Crippen molar-refractivity contribution in [2.24, 2.45) is 0 Å². The first-order valence-corrected chi connectivity index (χ1v) is 9.44. The molecule has 0 radical (unpaired) electrons. The van der Waals surface area contributed by atoms with Crippen molar-refractivity contribution in [2.75, 3.05) is 37.7 Å². The maximum atomic E-state index is 14.5. The standard InChI is InChI=1S/C19H24FN3O6/c1-12(25)21-9-15-10-23(19(27)29-15)13-2-3-17(16(20)8-13)28-14-4-6-22(7-5-14)18(26)11-24/h2-3,8,14-15,24H,4-7,9-11H2,1H3,(H,21,25)/t15-/m0/s1. The number of hydrogen-bond donors (Lipinski definition) is 2. The molecule has 9 nitrogen and oxygen atoms in total. The first-order valence-electron chi connectivity index (χ1n) is 9.44. The second-order valence-electron chi connectivity index (χ2n) is 7.02. The molecule has 1 atom stereocenters. The minimum absolute atomic E-state index is 0.0723. The quantitative estimate of drug-likeness (QED) is 0.714. The van der Waals surface area contributed by atoms with E-state index in [1.807, 2.05) is 0 Å². The van der Waals surface area contributed by atoms with Gasteiger partial charge in [0.1, 0.15) is 18.8 Å². The van der Waals surface area contributed by atoms with Crippen LogP contribution in [0.1, 0.15) is 19.8 Å². The molecule has 2 aliphatic heterocycles. The molecule has 0 spiro atoms. The number of rotatable bonds is 6. The van der Waals surface area contributed by atoms with Crippen molar-refractivity contribution in [3.05, 3.63) is 24.0 Å². The van der Waals surface area contributed by atoms with Crippen LogP contribution in [0.5, 0.6) is 5.75 Å². The highest BCUT2D eigenvalue weighted by molar-refractivity contribution is 5.90. The molecule has 3 rings (SSSR count). The molecule has 0 unspecified atom stereocenters. The predicted octanol–water partition coefficient (Wildman–Crippen LogP) is 0.649. The molecule has 2 saturated heterocycles. The van der Waals surface area contributed by atoms with E-state index in [0.29, 0.717) is 31.6 Å². The number of ether oxygens (including phenoxy) is 2. The van der Waals surface area contributed by atoms with Gasteiger partial charge in [0.2, 0.25) is 11.8 Å². The van der Waals surface area contributed by atoms with Crippen LogP contribution in [-0.2, 0) is 14.3 Å². The third kappa shape index (κ3) is 5.14. The van der Waals surface area contributed by atoms with Crippen molar-refractivity contribution in [1.29, 1.82) is 0 Å². The van der Waals surface area contributed by atoms with Crippen molar-refractivity contribution in [3.63, 3.8) is 0 Å². The van der Waals surface area contributed by atoms with Gasteiger partial charge in [-0.15, -0.1) is 0 Å². The molecule has 1 aromatic carbocycles. The third-order valence-electron chi connectivity index (χ3n) is 4.90. The molecule has 2 N–H and O–H groups in total. The average Bonchev–Trinajstić information content (AvgIpc) is 3.08. The summed E-state index contributed by atoms with van der Waals surface area (Å²) in [5.41, 5.74) is 0.341. The van der Waals surface area contributed by atoms with Crippen LogP contribution >= 0.6 is 0 Å². The molecule has 3 amide bonds. The number of piperidine rings is 1. The summed E-state index contributed by atoms with van der Waals surface area (Å²) in [6.45, 7) is 2.14. The number of nitrogens with one attached hydrogen (secondary N) is 1. The molecule has 0 saturated carbocycles. The van der Waals surface area contributed by atoms with E-state index in [0.717, 1.165) is 0 Å². The SMILES string of the molecule is CC(=O)NC[C@H]1CN(c2ccc(OC3CCN(C(=O)CO)CC3)c(F)c2)C(=O)O1. The molecule has 2 heterocycles. The number of amides is 3. The number of halogens is 1. The Morgan fingerprint density at radius 2 is 2.07 bits per heavy atom. The molecule has 2 fully saturated rings. The molecule has 0 bridgehead atoms. The lowest BCUT2D eigenvalue weighted by atomic mass is 10.1. The van der Waals surface area contributed by atoms with Crippen molar-refractivity contribution < 1.29 is 33.4 Å². The minimum Gasteiger partial charge on any atom is -0.487 e. The fourth-order valence-electron chi connectivity index (χ4n) is 3.35. The number of likely N-dealkylation sites (tertiary alicyclic amines) is 1. The average molecular weight is 409 g/mol. The van der Waals surface area contributed by atoms with Gasteiger partial charge in [0, 0.05) is 38.9 Å². The van der Waals surface area contributed by atoms with Crippen molar-refractivity contribution in [2.45, 2.75) is 32.0 Å². The van der Waals surface area contributed by atoms with Gasteiger partial charge in [-0.1, -0.05) is 0 Å². The van der Waals surface area contributed by atoms with E-state index in [4.69, 9.17) is 14.6 Å². The van der Waals surface area contributed by atoms with Crippen LogP contribution in [0.3, 0.4) is 0 Å². The van der Waals surface area contributed by atoms with Crippen molar-refractivity contribution in [3.8, 4) is 5.75 Å². The summed E-state index contributed by atoms with van der Waals surface area (Å²) in [5, 5.41) is 11.5. The lowest BCUT2D eigenvalue weighted by Gasteiger charge is -2.32. The lowest BCUT2D eigenvalue weighted by Crippen LogP contribution is -2.43. The Morgan fingerprint density at radius 3 is 2.69 bits per heavy atom. The topological polar surface area (TPSA) is 108 Å². The Morgan fingerprint density at radius 1 is 1.34 bits per heavy atom. The second kappa shape index (κ2) is 9.08. The Balaban J connectivity index is 1.57. The molecule has 158 valence electrons. The number of nitrogens with zero attached hydrogens (tertiary/aromatic N) is 2. The molecule has 2 aliphatic rings. The summed E-state index contributed by atoms with van der Waals surface area (Å²) in [7, 11) is 0. The van der Waals surface area contributed by atoms with Crippen LogP contribution in [0, 0.1) is 5.82 Å². The van der Waals surface area contributed by atoms with Gasteiger partial charge in [-0.2, -0.15) is 0 Å².